The van der Waals surface area contributed by atoms with Crippen molar-refractivity contribution in [2.24, 2.45) is 0 Å². The van der Waals surface area contributed by atoms with E-state index < -0.39 is 7.12 Å². The van der Waals surface area contributed by atoms with Crippen molar-refractivity contribution in [1.82, 2.24) is 0 Å². The minimum Gasteiger partial charge on any atom is -0.508 e. The first-order chi connectivity index (χ1) is 11.2. The maximum Gasteiger partial charge on any atom is 0.491 e. The summed E-state index contributed by atoms with van der Waals surface area (Å²) in [7, 11) is -0.396. The number of benzene rings is 2. The maximum absolute atomic E-state index is 9.67. The lowest BCUT2D eigenvalue weighted by Gasteiger charge is -2.32. The van der Waals surface area contributed by atoms with E-state index in [1.54, 1.807) is 12.1 Å². The van der Waals surface area contributed by atoms with Gasteiger partial charge in [-0.15, -0.1) is 0 Å². The van der Waals surface area contributed by atoms with Crippen LogP contribution in [0.5, 0.6) is 5.75 Å². The van der Waals surface area contributed by atoms with E-state index in [0.29, 0.717) is 5.75 Å². The number of hydrogen-bond acceptors (Lipinski definition) is 4. The molecule has 5 heteroatoms. The Bertz CT molecular complexity index is 782. The standard InChI is InChI=1S/C19H23BO3S/c1-18(2)19(3,4)23-20(22-18)16(12-24)10-13-5-6-14-7-8-17(21)11-15(14)9-13/h5-11,21,24H,12H2,1-4H3. The molecule has 2 aromatic carbocycles. The van der Waals surface area contributed by atoms with Gasteiger partial charge in [-0.05, 0) is 67.7 Å². The van der Waals surface area contributed by atoms with Crippen molar-refractivity contribution in [3.8, 4) is 5.75 Å². The average molecular weight is 342 g/mol. The Hall–Kier alpha value is -1.43. The molecule has 0 aromatic heterocycles. The summed E-state index contributed by atoms with van der Waals surface area (Å²) < 4.78 is 12.2. The van der Waals surface area contributed by atoms with Crippen LogP contribution in [0.3, 0.4) is 0 Å². The Morgan fingerprint density at radius 2 is 1.67 bits per heavy atom. The molecule has 2 aromatic rings. The van der Waals surface area contributed by atoms with Crippen molar-refractivity contribution in [2.75, 3.05) is 5.75 Å². The lowest BCUT2D eigenvalue weighted by atomic mass is 9.78. The Morgan fingerprint density at radius 1 is 1.04 bits per heavy atom. The molecule has 0 radical (unpaired) electrons. The van der Waals surface area contributed by atoms with E-state index in [1.807, 2.05) is 52.0 Å². The van der Waals surface area contributed by atoms with Crippen molar-refractivity contribution >= 4 is 36.6 Å². The van der Waals surface area contributed by atoms with Gasteiger partial charge in [0.1, 0.15) is 5.75 Å². The number of rotatable bonds is 3. The molecule has 1 N–H and O–H groups in total. The predicted octanol–water partition coefficient (Wildman–Crippen LogP) is 4.49. The van der Waals surface area contributed by atoms with Gasteiger partial charge in [-0.25, -0.2) is 0 Å². The molecule has 0 spiro atoms. The molecule has 0 bridgehead atoms. The molecule has 3 nitrogen and oxygen atoms in total. The van der Waals surface area contributed by atoms with E-state index >= 15 is 0 Å². The molecular formula is C19H23BO3S. The van der Waals surface area contributed by atoms with Crippen LogP contribution in [0.25, 0.3) is 16.8 Å². The minimum absolute atomic E-state index is 0.268. The topological polar surface area (TPSA) is 38.7 Å². The summed E-state index contributed by atoms with van der Waals surface area (Å²) >= 11 is 4.46. The molecule has 0 aliphatic carbocycles. The number of fused-ring (bicyclic) bond motifs is 1. The molecule has 0 atom stereocenters. The fourth-order valence-corrected chi connectivity index (χ4v) is 2.98. The second-order valence-electron chi connectivity index (χ2n) is 7.26. The van der Waals surface area contributed by atoms with Gasteiger partial charge in [0, 0.05) is 5.75 Å². The number of phenolic OH excluding ortho intramolecular Hbond substituents is 1. The van der Waals surface area contributed by atoms with Gasteiger partial charge in [0.2, 0.25) is 0 Å². The van der Waals surface area contributed by atoms with E-state index in [-0.39, 0.29) is 17.0 Å². The Kier molecular flexibility index (Phi) is 4.45. The van der Waals surface area contributed by atoms with Crippen LogP contribution in [-0.4, -0.2) is 29.2 Å². The summed E-state index contributed by atoms with van der Waals surface area (Å²) in [5.41, 5.74) is 1.28. The highest BCUT2D eigenvalue weighted by Crippen LogP contribution is 2.39. The monoisotopic (exact) mass is 342 g/mol. The molecule has 0 unspecified atom stereocenters. The summed E-state index contributed by atoms with van der Waals surface area (Å²) in [6.07, 6.45) is 2.05. The number of aromatic hydroxyl groups is 1. The summed E-state index contributed by atoms with van der Waals surface area (Å²) in [6.45, 7) is 8.17. The molecule has 3 rings (SSSR count). The van der Waals surface area contributed by atoms with Crippen LogP contribution in [0, 0.1) is 0 Å². The van der Waals surface area contributed by atoms with Crippen LogP contribution < -0.4 is 0 Å². The minimum atomic E-state index is -0.396. The van der Waals surface area contributed by atoms with Crippen molar-refractivity contribution in [3.63, 3.8) is 0 Å². The second kappa shape index (κ2) is 6.14. The normalized spacial score (nSPS) is 19.9. The van der Waals surface area contributed by atoms with Crippen LogP contribution in [0.2, 0.25) is 0 Å². The maximum atomic E-state index is 9.67. The van der Waals surface area contributed by atoms with Gasteiger partial charge >= 0.3 is 7.12 Å². The van der Waals surface area contributed by atoms with Crippen molar-refractivity contribution in [1.29, 1.82) is 0 Å². The lowest BCUT2D eigenvalue weighted by Crippen LogP contribution is -2.41. The largest absolute Gasteiger partial charge is 0.508 e. The van der Waals surface area contributed by atoms with Gasteiger partial charge < -0.3 is 14.4 Å². The van der Waals surface area contributed by atoms with Crippen LogP contribution in [-0.2, 0) is 9.31 Å². The first-order valence-electron chi connectivity index (χ1n) is 8.12. The molecular weight excluding hydrogens is 319 g/mol. The van der Waals surface area contributed by atoms with Crippen LogP contribution in [0.15, 0.2) is 41.9 Å². The lowest BCUT2D eigenvalue weighted by molar-refractivity contribution is 0.00578. The molecule has 1 heterocycles. The zero-order valence-electron chi connectivity index (χ0n) is 14.5. The van der Waals surface area contributed by atoms with Gasteiger partial charge in [0.15, 0.2) is 0 Å². The highest BCUT2D eigenvalue weighted by Gasteiger charge is 2.52. The molecule has 1 aliphatic heterocycles. The molecule has 24 heavy (non-hydrogen) atoms. The molecule has 0 saturated carbocycles. The first-order valence-corrected chi connectivity index (χ1v) is 8.75. The number of hydrogen-bond donors (Lipinski definition) is 2. The fourth-order valence-electron chi connectivity index (χ4n) is 2.74. The van der Waals surface area contributed by atoms with E-state index in [9.17, 15) is 5.11 Å². The predicted molar refractivity (Wildman–Crippen MR) is 104 cm³/mol. The SMILES string of the molecule is CC1(C)OB(C(=Cc2ccc3ccc(O)cc3c2)CS)OC1(C)C. The third kappa shape index (κ3) is 3.21. The highest BCUT2D eigenvalue weighted by atomic mass is 32.1. The zero-order chi connectivity index (χ0) is 17.5. The summed E-state index contributed by atoms with van der Waals surface area (Å²) in [4.78, 5) is 0. The second-order valence-corrected chi connectivity index (χ2v) is 7.57. The quantitative estimate of drug-likeness (QED) is 0.638. The zero-order valence-corrected chi connectivity index (χ0v) is 15.4. The molecule has 1 aliphatic rings. The van der Waals surface area contributed by atoms with Crippen molar-refractivity contribution < 1.29 is 14.4 Å². The summed E-state index contributed by atoms with van der Waals surface area (Å²) in [5, 5.41) is 11.8. The number of thiol groups is 1. The van der Waals surface area contributed by atoms with Gasteiger partial charge in [-0.3, -0.25) is 0 Å². The van der Waals surface area contributed by atoms with E-state index in [4.69, 9.17) is 9.31 Å². The van der Waals surface area contributed by atoms with E-state index in [2.05, 4.69) is 18.7 Å². The molecule has 0 amide bonds. The van der Waals surface area contributed by atoms with E-state index in [1.165, 1.54) is 0 Å². The van der Waals surface area contributed by atoms with Crippen LogP contribution >= 0.6 is 12.6 Å². The summed E-state index contributed by atoms with van der Waals surface area (Å²) in [5.74, 6) is 0.818. The van der Waals surface area contributed by atoms with Crippen LogP contribution in [0.1, 0.15) is 33.3 Å². The molecule has 1 fully saturated rings. The molecule has 1 saturated heterocycles. The third-order valence-electron chi connectivity index (χ3n) is 4.94. The fraction of sp³-hybridized carbons (Fsp3) is 0.368. The average Bonchev–Trinajstić information content (AvgIpc) is 2.72. The first kappa shape index (κ1) is 17.4. The summed E-state index contributed by atoms with van der Waals surface area (Å²) in [6, 6.07) is 11.5. The van der Waals surface area contributed by atoms with Crippen LogP contribution in [0.4, 0.5) is 0 Å². The van der Waals surface area contributed by atoms with E-state index in [0.717, 1.165) is 21.8 Å². The Morgan fingerprint density at radius 3 is 2.29 bits per heavy atom. The Balaban J connectivity index is 1.94. The third-order valence-corrected chi connectivity index (χ3v) is 5.30. The number of phenols is 1. The Labute approximate surface area is 149 Å². The van der Waals surface area contributed by atoms with Crippen molar-refractivity contribution in [2.45, 2.75) is 38.9 Å². The van der Waals surface area contributed by atoms with Gasteiger partial charge in [0.25, 0.3) is 0 Å². The van der Waals surface area contributed by atoms with Gasteiger partial charge in [-0.2, -0.15) is 12.6 Å². The molecule has 126 valence electrons. The van der Waals surface area contributed by atoms with Gasteiger partial charge in [0.05, 0.1) is 11.2 Å². The van der Waals surface area contributed by atoms with Gasteiger partial charge in [-0.1, -0.05) is 24.3 Å². The smallest absolute Gasteiger partial charge is 0.491 e. The highest BCUT2D eigenvalue weighted by molar-refractivity contribution is 7.80. The van der Waals surface area contributed by atoms with Crippen molar-refractivity contribution in [3.05, 3.63) is 47.4 Å².